The van der Waals surface area contributed by atoms with Crippen LogP contribution in [0.3, 0.4) is 0 Å². The molecule has 0 bridgehead atoms. The number of hydrogen-bond acceptors (Lipinski definition) is 3. The second kappa shape index (κ2) is 8.12. The molecule has 0 aliphatic carbocycles. The van der Waals surface area contributed by atoms with E-state index in [2.05, 4.69) is 0 Å². The minimum absolute atomic E-state index is 0.0512. The van der Waals surface area contributed by atoms with Crippen LogP contribution in [0.5, 0.6) is 0 Å². The Balaban J connectivity index is 1.87. The molecular weight excluding hydrogens is 347 g/mol. The second-order valence-corrected chi connectivity index (χ2v) is 6.52. The Morgan fingerprint density at radius 3 is 2.41 bits per heavy atom. The van der Waals surface area contributed by atoms with Crippen molar-refractivity contribution in [2.45, 2.75) is 38.8 Å². The van der Waals surface area contributed by atoms with Crippen molar-refractivity contribution in [3.63, 3.8) is 0 Å². The maximum Gasteiger partial charge on any atom is 0.257 e. The highest BCUT2D eigenvalue weighted by atomic mass is 19.1. The topological polar surface area (TPSA) is 57.7 Å². The molecule has 1 aliphatic heterocycles. The first-order valence-electron chi connectivity index (χ1n) is 8.97. The van der Waals surface area contributed by atoms with E-state index in [9.17, 15) is 18.8 Å². The number of halogens is 1. The van der Waals surface area contributed by atoms with Crippen LogP contribution in [0.1, 0.15) is 31.7 Å². The maximum atomic E-state index is 13.2. The first-order valence-corrected chi connectivity index (χ1v) is 8.97. The highest BCUT2D eigenvalue weighted by Crippen LogP contribution is 2.27. The number of amides is 3. The van der Waals surface area contributed by atoms with Crippen LogP contribution in [0, 0.1) is 5.82 Å². The van der Waals surface area contributed by atoms with Crippen LogP contribution >= 0.6 is 0 Å². The predicted octanol–water partition coefficient (Wildman–Crippen LogP) is 3.29. The van der Waals surface area contributed by atoms with Gasteiger partial charge in [0.15, 0.2) is 0 Å². The average molecular weight is 368 g/mol. The van der Waals surface area contributed by atoms with E-state index in [-0.39, 0.29) is 37.0 Å². The zero-order valence-electron chi connectivity index (χ0n) is 15.1. The number of hydrogen-bond donors (Lipinski definition) is 0. The summed E-state index contributed by atoms with van der Waals surface area (Å²) in [6, 6.07) is 13.6. The van der Waals surface area contributed by atoms with E-state index in [1.807, 2.05) is 6.92 Å². The molecule has 0 spiro atoms. The molecule has 2 aromatic rings. The van der Waals surface area contributed by atoms with Gasteiger partial charge in [0.05, 0.1) is 12.1 Å². The van der Waals surface area contributed by atoms with Crippen molar-refractivity contribution < 1.29 is 18.8 Å². The lowest BCUT2D eigenvalue weighted by molar-refractivity contribution is -0.139. The van der Waals surface area contributed by atoms with Crippen molar-refractivity contribution in [3.05, 3.63) is 66.0 Å². The number of imide groups is 1. The zero-order chi connectivity index (χ0) is 19.4. The number of anilines is 1. The van der Waals surface area contributed by atoms with Crippen LogP contribution in [0.4, 0.5) is 10.1 Å². The first-order chi connectivity index (χ1) is 13.0. The van der Waals surface area contributed by atoms with Gasteiger partial charge in [-0.05, 0) is 36.2 Å². The molecular formula is C21H21FN2O3. The quantitative estimate of drug-likeness (QED) is 0.735. The van der Waals surface area contributed by atoms with Gasteiger partial charge in [-0.25, -0.2) is 9.29 Å². The molecule has 1 fully saturated rings. The molecule has 27 heavy (non-hydrogen) atoms. The monoisotopic (exact) mass is 368 g/mol. The summed E-state index contributed by atoms with van der Waals surface area (Å²) >= 11 is 0. The van der Waals surface area contributed by atoms with Gasteiger partial charge in [0, 0.05) is 13.0 Å². The van der Waals surface area contributed by atoms with Gasteiger partial charge in [0.2, 0.25) is 11.8 Å². The molecule has 1 saturated heterocycles. The van der Waals surface area contributed by atoms with Crippen molar-refractivity contribution in [1.82, 2.24) is 4.90 Å². The van der Waals surface area contributed by atoms with E-state index < -0.39 is 11.9 Å². The summed E-state index contributed by atoms with van der Waals surface area (Å²) in [6.45, 7) is 2.04. The van der Waals surface area contributed by atoms with E-state index in [1.54, 1.807) is 42.5 Å². The highest BCUT2D eigenvalue weighted by Gasteiger charge is 2.44. The number of carbonyl (C=O) groups excluding carboxylic acids is 3. The van der Waals surface area contributed by atoms with Gasteiger partial charge in [-0.15, -0.1) is 0 Å². The lowest BCUT2D eigenvalue weighted by Gasteiger charge is -2.28. The summed E-state index contributed by atoms with van der Waals surface area (Å²) in [5.41, 5.74) is 1.21. The number of para-hydroxylation sites is 1. The summed E-state index contributed by atoms with van der Waals surface area (Å²) in [7, 11) is 0. The molecule has 3 rings (SSSR count). The third kappa shape index (κ3) is 4.05. The Kier molecular flexibility index (Phi) is 5.64. The summed E-state index contributed by atoms with van der Waals surface area (Å²) in [5.74, 6) is -1.29. The Labute approximate surface area is 157 Å². The molecule has 1 heterocycles. The molecule has 6 heteroatoms. The van der Waals surface area contributed by atoms with Gasteiger partial charge in [0.25, 0.3) is 5.91 Å². The van der Waals surface area contributed by atoms with E-state index in [1.165, 1.54) is 17.0 Å². The third-order valence-corrected chi connectivity index (χ3v) is 4.56. The van der Waals surface area contributed by atoms with Gasteiger partial charge in [-0.1, -0.05) is 37.3 Å². The lowest BCUT2D eigenvalue weighted by atomic mass is 10.1. The smallest absolute Gasteiger partial charge is 0.257 e. The van der Waals surface area contributed by atoms with Gasteiger partial charge in [0.1, 0.15) is 11.9 Å². The Morgan fingerprint density at radius 1 is 1.11 bits per heavy atom. The fourth-order valence-electron chi connectivity index (χ4n) is 3.22. The van der Waals surface area contributed by atoms with Crippen LogP contribution in [-0.4, -0.2) is 28.7 Å². The van der Waals surface area contributed by atoms with Crippen LogP contribution < -0.4 is 4.90 Å². The van der Waals surface area contributed by atoms with Crippen LogP contribution in [0.15, 0.2) is 54.6 Å². The summed E-state index contributed by atoms with van der Waals surface area (Å²) < 4.78 is 13.2. The number of nitrogens with zero attached hydrogens (tertiary/aromatic N) is 2. The van der Waals surface area contributed by atoms with Crippen LogP contribution in [-0.2, 0) is 20.9 Å². The lowest BCUT2D eigenvalue weighted by Crippen LogP contribution is -2.45. The van der Waals surface area contributed by atoms with Gasteiger partial charge in [-0.2, -0.15) is 0 Å². The standard InChI is InChI=1S/C21H21FN2O3/c1-2-6-19(25)23(14-15-9-11-16(22)12-10-15)18-13-20(26)24(21(18)27)17-7-4-3-5-8-17/h3-5,7-12,18H,2,6,13-14H2,1H3. The minimum Gasteiger partial charge on any atom is -0.326 e. The van der Waals surface area contributed by atoms with Gasteiger partial charge < -0.3 is 4.90 Å². The maximum absolute atomic E-state index is 13.2. The highest BCUT2D eigenvalue weighted by molar-refractivity contribution is 6.23. The Bertz CT molecular complexity index is 836. The molecule has 1 atom stereocenters. The van der Waals surface area contributed by atoms with Crippen molar-refractivity contribution in [1.29, 1.82) is 0 Å². The molecule has 0 saturated carbocycles. The zero-order valence-corrected chi connectivity index (χ0v) is 15.1. The second-order valence-electron chi connectivity index (χ2n) is 6.52. The molecule has 0 radical (unpaired) electrons. The van der Waals surface area contributed by atoms with Crippen molar-refractivity contribution >= 4 is 23.4 Å². The SMILES string of the molecule is CCCC(=O)N(Cc1ccc(F)cc1)C1CC(=O)N(c2ccccc2)C1=O. The molecule has 1 aliphatic rings. The number of carbonyl (C=O) groups is 3. The third-order valence-electron chi connectivity index (χ3n) is 4.56. The van der Waals surface area contributed by atoms with E-state index >= 15 is 0 Å². The molecule has 0 aromatic heterocycles. The number of rotatable bonds is 6. The van der Waals surface area contributed by atoms with E-state index in [0.29, 0.717) is 17.7 Å². The minimum atomic E-state index is -0.846. The molecule has 3 amide bonds. The fourth-order valence-corrected chi connectivity index (χ4v) is 3.22. The van der Waals surface area contributed by atoms with Gasteiger partial charge >= 0.3 is 0 Å². The molecule has 0 N–H and O–H groups in total. The molecule has 2 aromatic carbocycles. The van der Waals surface area contributed by atoms with Crippen molar-refractivity contribution in [2.75, 3.05) is 4.90 Å². The predicted molar refractivity (Wildman–Crippen MR) is 99.2 cm³/mol. The summed E-state index contributed by atoms with van der Waals surface area (Å²) in [4.78, 5) is 40.7. The van der Waals surface area contributed by atoms with E-state index in [4.69, 9.17) is 0 Å². The molecule has 5 nitrogen and oxygen atoms in total. The Hall–Kier alpha value is -3.02. The van der Waals surface area contributed by atoms with Crippen LogP contribution in [0.25, 0.3) is 0 Å². The summed E-state index contributed by atoms with van der Waals surface area (Å²) in [6.07, 6.45) is 0.866. The molecule has 1 unspecified atom stereocenters. The number of benzene rings is 2. The normalized spacial score (nSPS) is 16.7. The van der Waals surface area contributed by atoms with Gasteiger partial charge in [-0.3, -0.25) is 14.4 Å². The van der Waals surface area contributed by atoms with Crippen molar-refractivity contribution in [3.8, 4) is 0 Å². The average Bonchev–Trinajstić information content (AvgIpc) is 2.96. The first kappa shape index (κ1) is 18.8. The fraction of sp³-hybridized carbons (Fsp3) is 0.286. The van der Waals surface area contributed by atoms with Crippen LogP contribution in [0.2, 0.25) is 0 Å². The van der Waals surface area contributed by atoms with E-state index in [0.717, 1.165) is 4.90 Å². The molecule has 140 valence electrons. The Morgan fingerprint density at radius 2 is 1.78 bits per heavy atom. The van der Waals surface area contributed by atoms with Crippen molar-refractivity contribution in [2.24, 2.45) is 0 Å². The largest absolute Gasteiger partial charge is 0.326 e. The summed E-state index contributed by atoms with van der Waals surface area (Å²) in [5, 5.41) is 0.